The van der Waals surface area contributed by atoms with Crippen LogP contribution in [0.4, 0.5) is 0 Å². The van der Waals surface area contributed by atoms with E-state index in [0.717, 1.165) is 84.8 Å². The summed E-state index contributed by atoms with van der Waals surface area (Å²) in [4.78, 5) is 47.0. The average molecular weight is 677 g/mol. The second-order valence-electron chi connectivity index (χ2n) is 12.9. The molecule has 2 aliphatic heterocycles. The number of pyridine rings is 1. The Labute approximate surface area is 295 Å². The van der Waals surface area contributed by atoms with Crippen LogP contribution in [0.1, 0.15) is 61.1 Å². The van der Waals surface area contributed by atoms with E-state index in [9.17, 15) is 14.5 Å². The third-order valence-electron chi connectivity index (χ3n) is 9.38. The van der Waals surface area contributed by atoms with Gasteiger partial charge in [0.25, 0.3) is 12.4 Å². The molecule has 2 saturated heterocycles. The number of nitrogens with one attached hydrogen (secondary N) is 1. The topological polar surface area (TPSA) is 107 Å². The highest BCUT2D eigenvalue weighted by atomic mass is 16.5. The third kappa shape index (κ3) is 9.12. The molecule has 50 heavy (non-hydrogen) atoms. The Morgan fingerprint density at radius 2 is 1.64 bits per heavy atom. The Hall–Kier alpha value is -5.09. The van der Waals surface area contributed by atoms with Crippen LogP contribution < -0.4 is 5.32 Å². The number of piperazine rings is 1. The molecule has 0 aliphatic carbocycles. The van der Waals surface area contributed by atoms with Crippen LogP contribution in [0.5, 0.6) is 0 Å². The molecule has 0 spiro atoms. The molecule has 2 atom stereocenters. The van der Waals surface area contributed by atoms with Gasteiger partial charge in [0.1, 0.15) is 12.0 Å². The number of likely N-dealkylation sites (tertiary alicyclic amines) is 1. The SMILES string of the molecule is CC1CCCN(/C(=C\N=O)N2CCN(Cc3c(-c4ccccc4)nc4ccccc4c3C(=O)N[C@@H](C)c3ccccc3)CC2)C1.CCOC=O. The number of piperidine rings is 1. The molecule has 1 aromatic heterocycles. The van der Waals surface area contributed by atoms with Crippen LogP contribution in [0.3, 0.4) is 0 Å². The van der Waals surface area contributed by atoms with Crippen molar-refractivity contribution in [2.45, 2.75) is 46.2 Å². The number of hydrogen-bond acceptors (Lipinski definition) is 9. The monoisotopic (exact) mass is 676 g/mol. The van der Waals surface area contributed by atoms with Gasteiger partial charge in [-0.15, -0.1) is 4.91 Å². The lowest BCUT2D eigenvalue weighted by molar-refractivity contribution is -0.128. The van der Waals surface area contributed by atoms with E-state index in [2.05, 4.69) is 49.0 Å². The number of amides is 1. The van der Waals surface area contributed by atoms with E-state index < -0.39 is 0 Å². The van der Waals surface area contributed by atoms with Crippen molar-refractivity contribution < 1.29 is 14.3 Å². The van der Waals surface area contributed by atoms with Gasteiger partial charge in [0.15, 0.2) is 0 Å². The summed E-state index contributed by atoms with van der Waals surface area (Å²) in [5.74, 6) is 1.43. The van der Waals surface area contributed by atoms with Gasteiger partial charge < -0.3 is 19.9 Å². The Bertz CT molecular complexity index is 1740. The highest BCUT2D eigenvalue weighted by Gasteiger charge is 2.29. The molecule has 1 N–H and O–H groups in total. The van der Waals surface area contributed by atoms with Crippen LogP contribution in [-0.4, -0.2) is 77.9 Å². The van der Waals surface area contributed by atoms with Crippen LogP contribution in [0.15, 0.2) is 102 Å². The minimum absolute atomic E-state index is 0.0998. The molecular formula is C40H48N6O4. The first kappa shape index (κ1) is 36.2. The van der Waals surface area contributed by atoms with E-state index in [4.69, 9.17) is 4.98 Å². The molecule has 3 heterocycles. The van der Waals surface area contributed by atoms with Crippen molar-refractivity contribution in [3.63, 3.8) is 0 Å². The van der Waals surface area contributed by atoms with Gasteiger partial charge in [0.2, 0.25) is 0 Å². The van der Waals surface area contributed by atoms with E-state index in [0.29, 0.717) is 31.1 Å². The zero-order valence-electron chi connectivity index (χ0n) is 29.3. The van der Waals surface area contributed by atoms with Gasteiger partial charge in [0.05, 0.1) is 29.4 Å². The van der Waals surface area contributed by atoms with E-state index in [1.807, 2.05) is 79.7 Å². The second-order valence-corrected chi connectivity index (χ2v) is 12.9. The maximum Gasteiger partial charge on any atom is 0.293 e. The maximum atomic E-state index is 14.3. The van der Waals surface area contributed by atoms with Crippen molar-refractivity contribution in [2.75, 3.05) is 45.9 Å². The fourth-order valence-corrected chi connectivity index (χ4v) is 6.83. The van der Waals surface area contributed by atoms with Gasteiger partial charge in [-0.05, 0) is 49.4 Å². The zero-order valence-corrected chi connectivity index (χ0v) is 29.3. The summed E-state index contributed by atoms with van der Waals surface area (Å²) in [6, 6.07) is 28.0. The molecule has 2 fully saturated rings. The molecule has 4 aromatic rings. The van der Waals surface area contributed by atoms with Gasteiger partial charge in [-0.1, -0.05) is 85.8 Å². The van der Waals surface area contributed by atoms with Crippen molar-refractivity contribution >= 4 is 23.3 Å². The number of carbonyl (C=O) groups is 2. The van der Waals surface area contributed by atoms with E-state index in [-0.39, 0.29) is 11.9 Å². The summed E-state index contributed by atoms with van der Waals surface area (Å²) < 4.78 is 4.15. The summed E-state index contributed by atoms with van der Waals surface area (Å²) in [5.41, 5.74) is 5.29. The van der Waals surface area contributed by atoms with Gasteiger partial charge >= 0.3 is 0 Å². The summed E-state index contributed by atoms with van der Waals surface area (Å²) >= 11 is 0. The van der Waals surface area contributed by atoms with E-state index >= 15 is 0 Å². The maximum absolute atomic E-state index is 14.3. The quantitative estimate of drug-likeness (QED) is 0.134. The van der Waals surface area contributed by atoms with Crippen molar-refractivity contribution in [1.82, 2.24) is 25.0 Å². The number of para-hydroxylation sites is 1. The van der Waals surface area contributed by atoms with Gasteiger partial charge in [0, 0.05) is 62.3 Å². The smallest absolute Gasteiger partial charge is 0.293 e. The predicted molar refractivity (Wildman–Crippen MR) is 198 cm³/mol. The molecule has 262 valence electrons. The Kier molecular flexibility index (Phi) is 13.1. The molecule has 1 unspecified atom stereocenters. The zero-order chi connectivity index (χ0) is 35.3. The number of aromatic nitrogens is 1. The molecule has 3 aromatic carbocycles. The third-order valence-corrected chi connectivity index (χ3v) is 9.38. The molecule has 2 aliphatic rings. The number of hydrogen-bond donors (Lipinski definition) is 1. The number of rotatable bonds is 11. The molecular weight excluding hydrogens is 628 g/mol. The van der Waals surface area contributed by atoms with Gasteiger partial charge in [-0.25, -0.2) is 4.98 Å². The highest BCUT2D eigenvalue weighted by Crippen LogP contribution is 2.33. The lowest BCUT2D eigenvalue weighted by atomic mass is 9.95. The molecule has 1 amide bonds. The standard InChI is InChI=1S/C37H42N6O2.C3H6O2/c1-27-12-11-19-43(25-27)34(24-38-45)42-22-20-41(21-23-42)26-32-35(37(44)39-28(2)29-13-5-3-6-14-29)31-17-9-10-18-33(31)40-36(32)30-15-7-4-8-16-30;1-2-5-3-4/h3-10,13-18,24,27-28H,11-12,19-23,25-26H2,1-2H3,(H,39,44);3H,2H2,1H3/b34-24-;/t27?,28-;/m0./s1. The largest absolute Gasteiger partial charge is 0.468 e. The number of nitroso groups, excluding NO2 is 1. The van der Waals surface area contributed by atoms with Crippen LogP contribution in [0.2, 0.25) is 0 Å². The van der Waals surface area contributed by atoms with Crippen molar-refractivity contribution in [3.05, 3.63) is 119 Å². The molecule has 0 bridgehead atoms. The van der Waals surface area contributed by atoms with Crippen LogP contribution in [0.25, 0.3) is 22.2 Å². The lowest BCUT2D eigenvalue weighted by Gasteiger charge is -2.43. The first-order valence-electron chi connectivity index (χ1n) is 17.6. The number of ether oxygens (including phenoxy) is 1. The first-order valence-corrected chi connectivity index (χ1v) is 17.6. The Balaban J connectivity index is 0.000000908. The normalized spacial score (nSPS) is 17.3. The van der Waals surface area contributed by atoms with Gasteiger partial charge in [-0.3, -0.25) is 14.5 Å². The van der Waals surface area contributed by atoms with E-state index in [1.54, 1.807) is 6.92 Å². The number of carbonyl (C=O) groups excluding carboxylic acids is 2. The molecule has 0 radical (unpaired) electrons. The highest BCUT2D eigenvalue weighted by molar-refractivity contribution is 6.09. The summed E-state index contributed by atoms with van der Waals surface area (Å²) in [6.07, 6.45) is 3.84. The molecule has 10 nitrogen and oxygen atoms in total. The number of fused-ring (bicyclic) bond motifs is 1. The van der Waals surface area contributed by atoms with Crippen molar-refractivity contribution in [2.24, 2.45) is 11.1 Å². The van der Waals surface area contributed by atoms with Crippen LogP contribution in [0, 0.1) is 10.8 Å². The summed E-state index contributed by atoms with van der Waals surface area (Å²) in [5, 5.41) is 7.33. The summed E-state index contributed by atoms with van der Waals surface area (Å²) in [7, 11) is 0. The average Bonchev–Trinajstić information content (AvgIpc) is 3.15. The fourth-order valence-electron chi connectivity index (χ4n) is 6.83. The predicted octanol–water partition coefficient (Wildman–Crippen LogP) is 6.99. The van der Waals surface area contributed by atoms with Crippen molar-refractivity contribution in [3.8, 4) is 11.3 Å². The van der Waals surface area contributed by atoms with Crippen LogP contribution in [-0.2, 0) is 16.1 Å². The number of benzene rings is 3. The first-order chi connectivity index (χ1) is 24.4. The van der Waals surface area contributed by atoms with Crippen LogP contribution >= 0.6 is 0 Å². The van der Waals surface area contributed by atoms with Crippen molar-refractivity contribution in [1.29, 1.82) is 0 Å². The van der Waals surface area contributed by atoms with Gasteiger partial charge in [-0.2, -0.15) is 0 Å². The minimum Gasteiger partial charge on any atom is -0.468 e. The summed E-state index contributed by atoms with van der Waals surface area (Å²) in [6.45, 7) is 12.6. The second kappa shape index (κ2) is 18.1. The lowest BCUT2D eigenvalue weighted by Crippen LogP contribution is -2.49. The Morgan fingerprint density at radius 3 is 2.28 bits per heavy atom. The molecule has 6 rings (SSSR count). The molecule has 10 heteroatoms. The molecule has 0 saturated carbocycles. The number of nitrogens with zero attached hydrogens (tertiary/aromatic N) is 5. The Morgan fingerprint density at radius 1 is 0.960 bits per heavy atom. The minimum atomic E-state index is -0.156. The fraction of sp³-hybridized carbons (Fsp3) is 0.375. The van der Waals surface area contributed by atoms with E-state index in [1.165, 1.54) is 12.6 Å².